The Balaban J connectivity index is 1.63. The molecule has 0 aliphatic carbocycles. The maximum atomic E-state index is 13.7. The van der Waals surface area contributed by atoms with E-state index < -0.39 is 12.2 Å². The first-order valence-corrected chi connectivity index (χ1v) is 10.6. The van der Waals surface area contributed by atoms with Crippen molar-refractivity contribution in [2.45, 2.75) is 56.9 Å². The molecule has 3 atom stereocenters. The molecule has 1 amide bonds. The summed E-state index contributed by atoms with van der Waals surface area (Å²) >= 11 is 0. The highest BCUT2D eigenvalue weighted by atomic mass is 19.4. The van der Waals surface area contributed by atoms with Gasteiger partial charge < -0.3 is 15.1 Å². The molecule has 4 heterocycles. The molecule has 1 N–H and O–H groups in total. The summed E-state index contributed by atoms with van der Waals surface area (Å²) in [6.45, 7) is 2.41. The third-order valence-electron chi connectivity index (χ3n) is 6.09. The molecule has 0 unspecified atom stereocenters. The molecule has 0 saturated carbocycles. The minimum atomic E-state index is -4.38. The van der Waals surface area contributed by atoms with Crippen molar-refractivity contribution in [2.24, 2.45) is 0 Å². The zero-order valence-corrected chi connectivity index (χ0v) is 17.9. The van der Waals surface area contributed by atoms with Crippen LogP contribution in [-0.4, -0.2) is 58.4 Å². The third kappa shape index (κ3) is 4.07. The van der Waals surface area contributed by atoms with Gasteiger partial charge in [0.25, 0.3) is 5.91 Å². The van der Waals surface area contributed by atoms with Crippen LogP contribution in [0.25, 0.3) is 0 Å². The molecule has 2 aromatic heterocycles. The number of carbonyl (C=O) groups excluding carboxylic acids is 1. The molecule has 10 heteroatoms. The number of hydrogen-bond donors (Lipinski definition) is 1. The number of alkyl halides is 3. The van der Waals surface area contributed by atoms with Gasteiger partial charge in [0, 0.05) is 44.5 Å². The zero-order valence-electron chi connectivity index (χ0n) is 17.9. The van der Waals surface area contributed by atoms with Gasteiger partial charge in [-0.3, -0.25) is 4.79 Å². The van der Waals surface area contributed by atoms with Crippen LogP contribution in [0.5, 0.6) is 0 Å². The summed E-state index contributed by atoms with van der Waals surface area (Å²) in [4.78, 5) is 21.0. The molecular weight excluding hydrogens is 409 g/mol. The van der Waals surface area contributed by atoms with Crippen molar-refractivity contribution in [3.8, 4) is 0 Å². The lowest BCUT2D eigenvalue weighted by Gasteiger charge is -2.32. The maximum Gasteiger partial charge on any atom is 0.410 e. The highest BCUT2D eigenvalue weighted by Gasteiger charge is 2.46. The van der Waals surface area contributed by atoms with Crippen LogP contribution in [0.1, 0.15) is 60.7 Å². The number of aromatic nitrogens is 3. The van der Waals surface area contributed by atoms with Crippen LogP contribution in [-0.2, 0) is 0 Å². The van der Waals surface area contributed by atoms with Gasteiger partial charge in [0.2, 0.25) is 0 Å². The molecule has 31 heavy (non-hydrogen) atoms. The molecule has 1 fully saturated rings. The van der Waals surface area contributed by atoms with Crippen LogP contribution in [0, 0.1) is 0 Å². The normalized spacial score (nSPS) is 23.4. The fourth-order valence-electron chi connectivity index (χ4n) is 4.38. The molecule has 7 nitrogen and oxygen atoms in total. The lowest BCUT2D eigenvalue weighted by atomic mass is 10.0. The largest absolute Gasteiger partial charge is 0.410 e. The van der Waals surface area contributed by atoms with Gasteiger partial charge in [-0.25, -0.2) is 9.67 Å². The Hall–Kier alpha value is -2.78. The second-order valence-corrected chi connectivity index (χ2v) is 8.40. The number of likely N-dealkylation sites (tertiary alicyclic amines) is 1. The Kier molecular flexibility index (Phi) is 5.57. The van der Waals surface area contributed by atoms with Crippen LogP contribution >= 0.6 is 0 Å². The number of halogens is 3. The van der Waals surface area contributed by atoms with Gasteiger partial charge in [0.15, 0.2) is 6.04 Å². The highest BCUT2D eigenvalue weighted by molar-refractivity contribution is 5.95. The van der Waals surface area contributed by atoms with Gasteiger partial charge in [-0.1, -0.05) is 6.92 Å². The second kappa shape index (κ2) is 8.05. The fraction of sp³-hybridized carbons (Fsp3) is 0.571. The quantitative estimate of drug-likeness (QED) is 0.784. The minimum Gasteiger partial charge on any atom is -0.367 e. The van der Waals surface area contributed by atoms with Crippen LogP contribution in [0.15, 0.2) is 24.4 Å². The Bertz CT molecular complexity index is 957. The SMILES string of the molecule is CC[C@@H]1C[C@H](C(F)(F)F)n2nc([C@H]3CCCN3C(=O)c3ccnc(N(C)C)c3)cc2N1. The molecule has 2 aromatic rings. The van der Waals surface area contributed by atoms with Crippen molar-refractivity contribution in [3.05, 3.63) is 35.7 Å². The summed E-state index contributed by atoms with van der Waals surface area (Å²) in [5.41, 5.74) is 1.01. The monoisotopic (exact) mass is 436 g/mol. The Labute approximate surface area is 179 Å². The van der Waals surface area contributed by atoms with E-state index in [1.54, 1.807) is 29.3 Å². The van der Waals surface area contributed by atoms with Gasteiger partial charge in [0.1, 0.15) is 11.6 Å². The lowest BCUT2D eigenvalue weighted by molar-refractivity contribution is -0.173. The molecule has 0 aromatic carbocycles. The summed E-state index contributed by atoms with van der Waals surface area (Å²) in [5, 5.41) is 7.51. The van der Waals surface area contributed by atoms with Gasteiger partial charge in [0.05, 0.1) is 11.7 Å². The number of nitrogens with zero attached hydrogens (tertiary/aromatic N) is 5. The molecule has 2 aliphatic heterocycles. The lowest BCUT2D eigenvalue weighted by Crippen LogP contribution is -2.39. The minimum absolute atomic E-state index is 0.0498. The van der Waals surface area contributed by atoms with Gasteiger partial charge in [-0.15, -0.1) is 0 Å². The summed E-state index contributed by atoms with van der Waals surface area (Å²) < 4.78 is 42.1. The summed E-state index contributed by atoms with van der Waals surface area (Å²) in [6, 6.07) is 2.80. The van der Waals surface area contributed by atoms with Crippen LogP contribution in [0.4, 0.5) is 24.8 Å². The van der Waals surface area contributed by atoms with E-state index in [9.17, 15) is 18.0 Å². The number of pyridine rings is 1. The Morgan fingerprint density at radius 1 is 1.32 bits per heavy atom. The van der Waals surface area contributed by atoms with E-state index in [0.29, 0.717) is 42.3 Å². The van der Waals surface area contributed by atoms with Gasteiger partial charge >= 0.3 is 6.18 Å². The molecule has 0 radical (unpaired) electrons. The summed E-state index contributed by atoms with van der Waals surface area (Å²) in [7, 11) is 3.69. The fourth-order valence-corrected chi connectivity index (χ4v) is 4.38. The topological polar surface area (TPSA) is 66.3 Å². The molecular formula is C21H27F3N6O. The van der Waals surface area contributed by atoms with Gasteiger partial charge in [-0.2, -0.15) is 18.3 Å². The standard InChI is InChI=1S/C21H27F3N6O/c1-4-14-11-17(21(22,23)24)30-19(26-14)12-15(27-30)16-6-5-9-29(16)20(31)13-7-8-25-18(10-13)28(2)3/h7-8,10,12,14,16-17,26H,4-6,9,11H2,1-3H3/t14-,16-,17-/m1/s1. The van der Waals surface area contributed by atoms with Crippen LogP contribution in [0.3, 0.4) is 0 Å². The Morgan fingerprint density at radius 2 is 2.10 bits per heavy atom. The number of amides is 1. The number of nitrogens with one attached hydrogen (secondary N) is 1. The van der Waals surface area contributed by atoms with E-state index in [2.05, 4.69) is 15.4 Å². The van der Waals surface area contributed by atoms with Crippen molar-refractivity contribution >= 4 is 17.5 Å². The summed E-state index contributed by atoms with van der Waals surface area (Å²) in [5.74, 6) is 0.876. The van der Waals surface area contributed by atoms with E-state index in [-0.39, 0.29) is 24.4 Å². The van der Waals surface area contributed by atoms with E-state index in [0.717, 1.165) is 11.1 Å². The predicted octanol–water partition coefficient (Wildman–Crippen LogP) is 4.02. The molecule has 168 valence electrons. The highest BCUT2D eigenvalue weighted by Crippen LogP contribution is 2.42. The number of anilines is 2. The third-order valence-corrected chi connectivity index (χ3v) is 6.09. The van der Waals surface area contributed by atoms with E-state index in [1.807, 2.05) is 25.9 Å². The van der Waals surface area contributed by atoms with Crippen molar-refractivity contribution in [3.63, 3.8) is 0 Å². The number of rotatable bonds is 4. The van der Waals surface area contributed by atoms with Crippen molar-refractivity contribution in [1.29, 1.82) is 0 Å². The smallest absolute Gasteiger partial charge is 0.367 e. The second-order valence-electron chi connectivity index (χ2n) is 8.40. The van der Waals surface area contributed by atoms with Crippen molar-refractivity contribution in [1.82, 2.24) is 19.7 Å². The molecule has 4 rings (SSSR count). The van der Waals surface area contributed by atoms with Crippen molar-refractivity contribution in [2.75, 3.05) is 30.9 Å². The predicted molar refractivity (Wildman–Crippen MR) is 111 cm³/mol. The maximum absolute atomic E-state index is 13.7. The first-order chi connectivity index (χ1) is 14.7. The molecule has 1 saturated heterocycles. The van der Waals surface area contributed by atoms with Crippen LogP contribution < -0.4 is 10.2 Å². The summed E-state index contributed by atoms with van der Waals surface area (Å²) in [6.07, 6.45) is -0.799. The molecule has 0 bridgehead atoms. The van der Waals surface area contributed by atoms with Gasteiger partial charge in [-0.05, 0) is 37.8 Å². The van der Waals surface area contributed by atoms with E-state index >= 15 is 0 Å². The van der Waals surface area contributed by atoms with Crippen LogP contribution in [0.2, 0.25) is 0 Å². The molecule has 2 aliphatic rings. The number of fused-ring (bicyclic) bond motifs is 1. The first-order valence-electron chi connectivity index (χ1n) is 10.6. The number of hydrogen-bond acceptors (Lipinski definition) is 5. The Morgan fingerprint density at radius 3 is 2.77 bits per heavy atom. The van der Waals surface area contributed by atoms with E-state index in [4.69, 9.17) is 0 Å². The number of carbonyl (C=O) groups is 1. The van der Waals surface area contributed by atoms with Crippen molar-refractivity contribution < 1.29 is 18.0 Å². The van der Waals surface area contributed by atoms with E-state index in [1.165, 1.54) is 0 Å². The average Bonchev–Trinajstić information content (AvgIpc) is 3.38. The average molecular weight is 436 g/mol. The zero-order chi connectivity index (χ0) is 22.3. The molecule has 0 spiro atoms. The first kappa shape index (κ1) is 21.5.